The van der Waals surface area contributed by atoms with Crippen molar-refractivity contribution in [2.75, 3.05) is 6.61 Å². The lowest BCUT2D eigenvalue weighted by atomic mass is 10.0. The molecule has 0 aromatic heterocycles. The Kier molecular flexibility index (Phi) is 3.64. The van der Waals surface area contributed by atoms with Crippen LogP contribution in [-0.4, -0.2) is 12.3 Å². The van der Waals surface area contributed by atoms with E-state index in [-0.39, 0.29) is 0 Å². The summed E-state index contributed by atoms with van der Waals surface area (Å²) in [5, 5.41) is 7.31. The molecule has 0 saturated carbocycles. The number of benzene rings is 3. The van der Waals surface area contributed by atoms with Crippen molar-refractivity contribution in [1.82, 2.24) is 0 Å². The van der Waals surface area contributed by atoms with E-state index < -0.39 is 0 Å². The normalized spacial score (nSPS) is 14.7. The van der Waals surface area contributed by atoms with Crippen molar-refractivity contribution in [2.45, 2.75) is 6.61 Å². The summed E-state index contributed by atoms with van der Waals surface area (Å²) in [7, 11) is 0. The van der Waals surface area contributed by atoms with Crippen LogP contribution < -0.4 is 4.74 Å². The van der Waals surface area contributed by atoms with Gasteiger partial charge in [0.1, 0.15) is 24.7 Å². The molecule has 0 unspecified atom stereocenters. The lowest BCUT2D eigenvalue weighted by Gasteiger charge is -2.04. The third-order valence-electron chi connectivity index (χ3n) is 3.86. The molecular formula is C19H14ClNO2. The van der Waals surface area contributed by atoms with Gasteiger partial charge in [-0.2, -0.15) is 0 Å². The van der Waals surface area contributed by atoms with Crippen LogP contribution in [-0.2, 0) is 11.4 Å². The summed E-state index contributed by atoms with van der Waals surface area (Å²) >= 11 is 5.88. The monoisotopic (exact) mass is 323 g/mol. The smallest absolute Gasteiger partial charge is 0.142 e. The number of halogens is 1. The number of hydrogen-bond acceptors (Lipinski definition) is 3. The Hall–Kier alpha value is -2.52. The third-order valence-corrected chi connectivity index (χ3v) is 4.11. The van der Waals surface area contributed by atoms with E-state index in [0.717, 1.165) is 28.0 Å². The number of ether oxygens (including phenoxy) is 1. The second-order valence-corrected chi connectivity index (χ2v) is 5.82. The summed E-state index contributed by atoms with van der Waals surface area (Å²) in [6.45, 7) is 0.838. The second kappa shape index (κ2) is 5.94. The van der Waals surface area contributed by atoms with Crippen LogP contribution in [0, 0.1) is 0 Å². The van der Waals surface area contributed by atoms with Crippen molar-refractivity contribution in [1.29, 1.82) is 0 Å². The summed E-state index contributed by atoms with van der Waals surface area (Å²) in [5.41, 5.74) is 2.88. The first kappa shape index (κ1) is 14.1. The quantitative estimate of drug-likeness (QED) is 0.648. The fourth-order valence-electron chi connectivity index (χ4n) is 2.73. The Morgan fingerprint density at radius 1 is 1.00 bits per heavy atom. The van der Waals surface area contributed by atoms with Crippen LogP contribution in [0.2, 0.25) is 5.02 Å². The SMILES string of the molecule is Clc1ccc(CO/N=C2\COc3ccc4ccccc4c32)cc1. The van der Waals surface area contributed by atoms with Gasteiger partial charge in [-0.15, -0.1) is 0 Å². The highest BCUT2D eigenvalue weighted by molar-refractivity contribution is 6.30. The van der Waals surface area contributed by atoms with Gasteiger partial charge >= 0.3 is 0 Å². The lowest BCUT2D eigenvalue weighted by Crippen LogP contribution is -2.04. The fourth-order valence-corrected chi connectivity index (χ4v) is 2.85. The Bertz CT molecular complexity index is 888. The Morgan fingerprint density at radius 2 is 1.83 bits per heavy atom. The van der Waals surface area contributed by atoms with Crippen LogP contribution in [0.3, 0.4) is 0 Å². The lowest BCUT2D eigenvalue weighted by molar-refractivity contribution is 0.129. The van der Waals surface area contributed by atoms with Crippen molar-refractivity contribution in [2.24, 2.45) is 5.16 Å². The molecule has 0 bridgehead atoms. The van der Waals surface area contributed by atoms with Gasteiger partial charge in [0.15, 0.2) is 0 Å². The van der Waals surface area contributed by atoms with E-state index in [4.69, 9.17) is 21.2 Å². The van der Waals surface area contributed by atoms with Crippen LogP contribution in [0.4, 0.5) is 0 Å². The first-order chi connectivity index (χ1) is 11.3. The van der Waals surface area contributed by atoms with Gasteiger partial charge in [-0.1, -0.05) is 59.2 Å². The van der Waals surface area contributed by atoms with Crippen molar-refractivity contribution in [3.05, 3.63) is 76.8 Å². The van der Waals surface area contributed by atoms with E-state index in [1.165, 1.54) is 5.39 Å². The zero-order valence-electron chi connectivity index (χ0n) is 12.3. The molecule has 1 aliphatic rings. The molecule has 0 amide bonds. The molecule has 114 valence electrons. The van der Waals surface area contributed by atoms with E-state index in [1.54, 1.807) is 0 Å². The summed E-state index contributed by atoms with van der Waals surface area (Å²) in [4.78, 5) is 5.51. The molecule has 23 heavy (non-hydrogen) atoms. The number of oxime groups is 1. The standard InChI is InChI=1S/C19H14ClNO2/c20-15-8-5-13(6-9-15)11-23-21-17-12-22-18-10-7-14-3-1-2-4-16(14)19(17)18/h1-10H,11-12H2/b21-17+. The minimum absolute atomic E-state index is 0.404. The Labute approximate surface area is 139 Å². The molecule has 0 saturated heterocycles. The van der Waals surface area contributed by atoms with E-state index >= 15 is 0 Å². The average molecular weight is 324 g/mol. The van der Waals surface area contributed by atoms with E-state index in [9.17, 15) is 0 Å². The highest BCUT2D eigenvalue weighted by atomic mass is 35.5. The average Bonchev–Trinajstić information content (AvgIpc) is 3.00. The molecule has 0 aliphatic carbocycles. The van der Waals surface area contributed by atoms with Crippen LogP contribution >= 0.6 is 11.6 Å². The minimum atomic E-state index is 0.404. The summed E-state index contributed by atoms with van der Waals surface area (Å²) in [5.74, 6) is 0.859. The van der Waals surface area contributed by atoms with Crippen LogP contribution in [0.1, 0.15) is 11.1 Å². The van der Waals surface area contributed by atoms with Crippen LogP contribution in [0.5, 0.6) is 5.75 Å². The van der Waals surface area contributed by atoms with Gasteiger partial charge in [0, 0.05) is 5.02 Å². The highest BCUT2D eigenvalue weighted by Gasteiger charge is 2.22. The Balaban J connectivity index is 1.60. The second-order valence-electron chi connectivity index (χ2n) is 5.39. The van der Waals surface area contributed by atoms with Gasteiger partial charge in [-0.3, -0.25) is 0 Å². The molecule has 3 aromatic rings. The van der Waals surface area contributed by atoms with Gasteiger partial charge in [0.05, 0.1) is 5.56 Å². The molecule has 4 heteroatoms. The molecule has 0 atom stereocenters. The number of rotatable bonds is 3. The van der Waals surface area contributed by atoms with Crippen molar-refractivity contribution >= 4 is 28.1 Å². The van der Waals surface area contributed by atoms with Gasteiger partial charge < -0.3 is 9.57 Å². The Morgan fingerprint density at radius 3 is 2.70 bits per heavy atom. The topological polar surface area (TPSA) is 30.8 Å². The molecule has 1 aliphatic heterocycles. The van der Waals surface area contributed by atoms with Crippen molar-refractivity contribution < 1.29 is 9.57 Å². The largest absolute Gasteiger partial charge is 0.486 e. The minimum Gasteiger partial charge on any atom is -0.486 e. The molecular weight excluding hydrogens is 310 g/mol. The van der Waals surface area contributed by atoms with E-state index in [1.807, 2.05) is 42.5 Å². The van der Waals surface area contributed by atoms with E-state index in [2.05, 4.69) is 23.4 Å². The number of hydrogen-bond donors (Lipinski definition) is 0. The maximum absolute atomic E-state index is 5.88. The molecule has 0 fully saturated rings. The molecule has 0 N–H and O–H groups in total. The molecule has 4 rings (SSSR count). The van der Waals surface area contributed by atoms with Crippen molar-refractivity contribution in [3.63, 3.8) is 0 Å². The predicted molar refractivity (Wildman–Crippen MR) is 92.2 cm³/mol. The van der Waals surface area contributed by atoms with Gasteiger partial charge in [0.2, 0.25) is 0 Å². The molecule has 3 aromatic carbocycles. The fraction of sp³-hybridized carbons (Fsp3) is 0.105. The third kappa shape index (κ3) is 2.76. The van der Waals surface area contributed by atoms with Crippen LogP contribution in [0.25, 0.3) is 10.8 Å². The zero-order chi connectivity index (χ0) is 15.6. The summed E-state index contributed by atoms with van der Waals surface area (Å²) < 4.78 is 5.71. The molecule has 1 heterocycles. The number of nitrogens with zero attached hydrogens (tertiary/aromatic N) is 1. The molecule has 3 nitrogen and oxygen atoms in total. The maximum atomic E-state index is 5.88. The van der Waals surface area contributed by atoms with Crippen LogP contribution in [0.15, 0.2) is 65.8 Å². The predicted octanol–water partition coefficient (Wildman–Crippen LogP) is 4.81. The zero-order valence-corrected chi connectivity index (χ0v) is 13.1. The molecule has 0 radical (unpaired) electrons. The highest BCUT2D eigenvalue weighted by Crippen LogP contribution is 2.32. The van der Waals surface area contributed by atoms with Gasteiger partial charge in [-0.05, 0) is 34.5 Å². The van der Waals surface area contributed by atoms with Gasteiger partial charge in [-0.25, -0.2) is 0 Å². The van der Waals surface area contributed by atoms with E-state index in [0.29, 0.717) is 18.2 Å². The maximum Gasteiger partial charge on any atom is 0.142 e. The first-order valence-electron chi connectivity index (χ1n) is 7.39. The summed E-state index contributed by atoms with van der Waals surface area (Å²) in [6.07, 6.45) is 0. The summed E-state index contributed by atoms with van der Waals surface area (Å²) in [6, 6.07) is 19.8. The first-order valence-corrected chi connectivity index (χ1v) is 7.77. The van der Waals surface area contributed by atoms with Gasteiger partial charge in [0.25, 0.3) is 0 Å². The van der Waals surface area contributed by atoms with Crippen molar-refractivity contribution in [3.8, 4) is 5.75 Å². The molecule has 0 spiro atoms. The number of fused-ring (bicyclic) bond motifs is 3.